The van der Waals surface area contributed by atoms with Crippen LogP contribution in [-0.2, 0) is 29.4 Å². The molecule has 0 saturated carbocycles. The van der Waals surface area contributed by atoms with Gasteiger partial charge in [0.15, 0.2) is 0 Å². The number of carbonyl (C=O) groups is 3. The number of ether oxygens (including phenoxy) is 4. The lowest BCUT2D eigenvalue weighted by Gasteiger charge is -2.31. The summed E-state index contributed by atoms with van der Waals surface area (Å²) in [6.07, 6.45) is 4.51. The topological polar surface area (TPSA) is 103 Å². The number of esters is 1. The fourth-order valence-corrected chi connectivity index (χ4v) is 5.61. The number of methoxy groups -OCH3 is 3. The van der Waals surface area contributed by atoms with Crippen LogP contribution in [0, 0.1) is 11.3 Å². The highest BCUT2D eigenvalue weighted by molar-refractivity contribution is 5.91. The van der Waals surface area contributed by atoms with E-state index < -0.39 is 35.7 Å². The number of likely N-dealkylation sites (tertiary alicyclic amines) is 1. The van der Waals surface area contributed by atoms with Crippen LogP contribution >= 0.6 is 0 Å². The Labute approximate surface area is 255 Å². The number of hydrogen-bond donors (Lipinski definition) is 1. The van der Waals surface area contributed by atoms with Crippen LogP contribution in [-0.4, -0.2) is 69.4 Å². The van der Waals surface area contributed by atoms with Crippen LogP contribution in [0.15, 0.2) is 49.6 Å². The summed E-state index contributed by atoms with van der Waals surface area (Å²) in [6.45, 7) is 15.8. The zero-order valence-corrected chi connectivity index (χ0v) is 26.5. The molecule has 1 aliphatic rings. The van der Waals surface area contributed by atoms with Gasteiger partial charge in [-0.15, -0.1) is 6.58 Å². The van der Waals surface area contributed by atoms with Gasteiger partial charge in [0.1, 0.15) is 23.4 Å². The molecule has 1 aliphatic heterocycles. The smallest absolute Gasteiger partial charge is 0.407 e. The van der Waals surface area contributed by atoms with E-state index in [-0.39, 0.29) is 30.9 Å². The van der Waals surface area contributed by atoms with E-state index in [2.05, 4.69) is 32.3 Å². The fourth-order valence-electron chi connectivity index (χ4n) is 5.61. The van der Waals surface area contributed by atoms with Gasteiger partial charge in [-0.05, 0) is 58.7 Å². The Morgan fingerprint density at radius 1 is 1.12 bits per heavy atom. The minimum Gasteiger partial charge on any atom is -0.496 e. The van der Waals surface area contributed by atoms with E-state index in [0.717, 1.165) is 28.3 Å². The first-order valence-corrected chi connectivity index (χ1v) is 14.6. The van der Waals surface area contributed by atoms with Crippen LogP contribution in [0.1, 0.15) is 58.1 Å². The van der Waals surface area contributed by atoms with Gasteiger partial charge in [0, 0.05) is 19.1 Å². The van der Waals surface area contributed by atoms with Crippen molar-refractivity contribution in [1.29, 1.82) is 0 Å². The second kappa shape index (κ2) is 14.1. The normalized spacial score (nSPS) is 19.2. The molecule has 1 fully saturated rings. The zero-order valence-electron chi connectivity index (χ0n) is 26.5. The molecule has 1 N–H and O–H groups in total. The van der Waals surface area contributed by atoms with Crippen molar-refractivity contribution in [3.63, 3.8) is 0 Å². The predicted molar refractivity (Wildman–Crippen MR) is 168 cm³/mol. The number of alkyl carbamates (subject to hydrolysis) is 1. The number of carbonyl (C=O) groups excluding carboxylic acids is 3. The van der Waals surface area contributed by atoms with E-state index in [1.165, 1.54) is 12.0 Å². The molecule has 2 amide bonds. The molecule has 234 valence electrons. The number of nitrogens with zero attached hydrogens (tertiary/aromatic N) is 1. The molecular weight excluding hydrogens is 548 g/mol. The van der Waals surface area contributed by atoms with E-state index in [1.807, 2.05) is 50.3 Å². The second-order valence-electron chi connectivity index (χ2n) is 12.2. The van der Waals surface area contributed by atoms with Crippen molar-refractivity contribution >= 4 is 34.8 Å². The van der Waals surface area contributed by atoms with Crippen molar-refractivity contribution < 1.29 is 33.3 Å². The van der Waals surface area contributed by atoms with Crippen molar-refractivity contribution in [3.8, 4) is 5.75 Å². The van der Waals surface area contributed by atoms with Gasteiger partial charge in [-0.2, -0.15) is 0 Å². The van der Waals surface area contributed by atoms with Gasteiger partial charge < -0.3 is 29.2 Å². The van der Waals surface area contributed by atoms with E-state index >= 15 is 0 Å². The van der Waals surface area contributed by atoms with Crippen molar-refractivity contribution in [2.75, 3.05) is 34.5 Å². The summed E-state index contributed by atoms with van der Waals surface area (Å²) >= 11 is 0. The third kappa shape index (κ3) is 7.57. The highest BCUT2D eigenvalue weighted by Gasteiger charge is 2.52. The molecule has 0 bridgehead atoms. The van der Waals surface area contributed by atoms with Crippen molar-refractivity contribution in [2.24, 2.45) is 11.3 Å². The van der Waals surface area contributed by atoms with Crippen molar-refractivity contribution in [1.82, 2.24) is 10.2 Å². The van der Waals surface area contributed by atoms with Gasteiger partial charge in [0.2, 0.25) is 5.91 Å². The monoisotopic (exact) mass is 594 g/mol. The summed E-state index contributed by atoms with van der Waals surface area (Å²) in [5, 5.41) is 4.63. The van der Waals surface area contributed by atoms with E-state index in [9.17, 15) is 14.4 Å². The van der Waals surface area contributed by atoms with Crippen LogP contribution < -0.4 is 10.1 Å². The molecule has 9 nitrogen and oxygen atoms in total. The number of rotatable bonds is 13. The first-order valence-electron chi connectivity index (χ1n) is 14.6. The molecule has 0 aliphatic carbocycles. The molecule has 1 heterocycles. The molecular formula is C34H46N2O7. The number of hydrogen-bond acceptors (Lipinski definition) is 7. The molecule has 1 unspecified atom stereocenters. The molecule has 0 aromatic heterocycles. The first-order chi connectivity index (χ1) is 20.3. The molecule has 0 spiro atoms. The Bertz CT molecular complexity index is 1350. The predicted octanol–water partition coefficient (Wildman–Crippen LogP) is 5.85. The summed E-state index contributed by atoms with van der Waals surface area (Å²) in [4.78, 5) is 41.3. The molecule has 3 atom stereocenters. The number of fused-ring (bicyclic) bond motifs is 1. The van der Waals surface area contributed by atoms with Gasteiger partial charge >= 0.3 is 12.1 Å². The van der Waals surface area contributed by atoms with Crippen LogP contribution in [0.25, 0.3) is 16.8 Å². The lowest BCUT2D eigenvalue weighted by atomic mass is 9.86. The summed E-state index contributed by atoms with van der Waals surface area (Å²) in [5.74, 6) is -0.526. The Morgan fingerprint density at radius 3 is 2.42 bits per heavy atom. The van der Waals surface area contributed by atoms with Crippen LogP contribution in [0.4, 0.5) is 4.79 Å². The number of allylic oxidation sites excluding steroid dienone is 1. The second-order valence-corrected chi connectivity index (χ2v) is 12.2. The summed E-state index contributed by atoms with van der Waals surface area (Å²) < 4.78 is 22.1. The lowest BCUT2D eigenvalue weighted by Crippen LogP contribution is -2.54. The quantitative estimate of drug-likeness (QED) is 0.229. The SMILES string of the molecule is C=CCC(C)(C)CCOC(=O)NC(C(=O)N1C[C@](OC)(c2ccc3cc(OC)c(C=C)cc3c2)C[C@H]1C(=O)OC)C(C)C. The Kier molecular flexibility index (Phi) is 11.0. The van der Waals surface area contributed by atoms with E-state index in [1.54, 1.807) is 20.3 Å². The average molecular weight is 595 g/mol. The highest BCUT2D eigenvalue weighted by atomic mass is 16.5. The van der Waals surface area contributed by atoms with Crippen molar-refractivity contribution in [2.45, 2.75) is 64.6 Å². The van der Waals surface area contributed by atoms with Crippen LogP contribution in [0.3, 0.4) is 0 Å². The Balaban J connectivity index is 1.89. The molecule has 1 saturated heterocycles. The Hall–Kier alpha value is -3.85. The number of benzene rings is 2. The van der Waals surface area contributed by atoms with Gasteiger partial charge in [-0.3, -0.25) is 4.79 Å². The molecule has 2 aromatic carbocycles. The van der Waals surface area contributed by atoms with E-state index in [0.29, 0.717) is 12.2 Å². The third-order valence-electron chi connectivity index (χ3n) is 8.32. The molecule has 2 aromatic rings. The zero-order chi connectivity index (χ0) is 31.9. The highest BCUT2D eigenvalue weighted by Crippen LogP contribution is 2.41. The average Bonchev–Trinajstić information content (AvgIpc) is 3.39. The van der Waals surface area contributed by atoms with Crippen LogP contribution in [0.5, 0.6) is 5.75 Å². The Morgan fingerprint density at radius 2 is 1.84 bits per heavy atom. The molecule has 9 heteroatoms. The van der Waals surface area contributed by atoms with Gasteiger partial charge in [0.25, 0.3) is 0 Å². The summed E-state index contributed by atoms with van der Waals surface area (Å²) in [5.41, 5.74) is 0.596. The van der Waals surface area contributed by atoms with Crippen LogP contribution in [0.2, 0.25) is 0 Å². The third-order valence-corrected chi connectivity index (χ3v) is 8.32. The molecule has 43 heavy (non-hydrogen) atoms. The summed E-state index contributed by atoms with van der Waals surface area (Å²) in [6, 6.07) is 7.98. The maximum Gasteiger partial charge on any atom is 0.407 e. The number of amides is 2. The lowest BCUT2D eigenvalue weighted by molar-refractivity contribution is -0.151. The summed E-state index contributed by atoms with van der Waals surface area (Å²) in [7, 11) is 4.48. The largest absolute Gasteiger partial charge is 0.496 e. The maximum absolute atomic E-state index is 14.0. The van der Waals surface area contributed by atoms with E-state index in [4.69, 9.17) is 18.9 Å². The minimum absolute atomic E-state index is 0.0653. The fraction of sp³-hybridized carbons (Fsp3) is 0.500. The first kappa shape index (κ1) is 33.6. The molecule has 0 radical (unpaired) electrons. The van der Waals surface area contributed by atoms with Gasteiger partial charge in [-0.25, -0.2) is 9.59 Å². The molecule has 3 rings (SSSR count). The standard InChI is InChI=1S/C34H46N2O7/c1-10-14-33(5,6)15-16-43-32(39)35-29(22(3)4)30(37)36-21-34(42-9,20-27(36)31(38)41-8)26-13-12-24-19-28(40-7)23(11-2)17-25(24)18-26/h10-13,17-19,22,27,29H,1-2,14-16,20-21H2,3-9H3,(H,35,39)/t27-,29?,34-/m0/s1. The van der Waals surface area contributed by atoms with Gasteiger partial charge in [-0.1, -0.05) is 58.6 Å². The van der Waals surface area contributed by atoms with Crippen molar-refractivity contribution in [3.05, 3.63) is 60.7 Å². The van der Waals surface area contributed by atoms with Gasteiger partial charge in [0.05, 0.1) is 27.4 Å². The minimum atomic E-state index is -0.990. The maximum atomic E-state index is 14.0. The number of nitrogens with one attached hydrogen (secondary N) is 1.